The van der Waals surface area contributed by atoms with E-state index in [0.29, 0.717) is 22.1 Å². The van der Waals surface area contributed by atoms with E-state index in [9.17, 15) is 0 Å². The summed E-state index contributed by atoms with van der Waals surface area (Å²) in [5.41, 5.74) is 1.35. The molecule has 0 spiro atoms. The van der Waals surface area contributed by atoms with Crippen LogP contribution in [0.5, 0.6) is 0 Å². The molecular formula is C12H6ClN5. The van der Waals surface area contributed by atoms with Gasteiger partial charge >= 0.3 is 0 Å². The SMILES string of the molecule is N#Cc1cnc(Nc2ccc(C#N)c(Cl)c2)cn1. The lowest BCUT2D eigenvalue weighted by atomic mass is 10.2. The van der Waals surface area contributed by atoms with Gasteiger partial charge in [-0.1, -0.05) is 11.6 Å². The second-order valence-electron chi connectivity index (χ2n) is 3.33. The Balaban J connectivity index is 2.21. The van der Waals surface area contributed by atoms with Crippen molar-refractivity contribution in [1.29, 1.82) is 10.5 Å². The Kier molecular flexibility index (Phi) is 3.38. The van der Waals surface area contributed by atoms with Gasteiger partial charge in [0.25, 0.3) is 0 Å². The van der Waals surface area contributed by atoms with Crippen LogP contribution in [0.25, 0.3) is 0 Å². The molecular weight excluding hydrogens is 250 g/mol. The molecule has 2 aromatic rings. The number of aromatic nitrogens is 2. The molecule has 6 heteroatoms. The number of hydrogen-bond acceptors (Lipinski definition) is 5. The zero-order chi connectivity index (χ0) is 13.0. The van der Waals surface area contributed by atoms with Crippen molar-refractivity contribution in [3.63, 3.8) is 0 Å². The number of benzene rings is 1. The number of rotatable bonds is 2. The number of nitrogens with zero attached hydrogens (tertiary/aromatic N) is 4. The smallest absolute Gasteiger partial charge is 0.158 e. The summed E-state index contributed by atoms with van der Waals surface area (Å²) in [6, 6.07) is 8.81. The third-order valence-electron chi connectivity index (χ3n) is 2.13. The molecule has 0 aliphatic carbocycles. The average Bonchev–Trinajstić information content (AvgIpc) is 2.40. The molecule has 0 aliphatic heterocycles. The van der Waals surface area contributed by atoms with Crippen LogP contribution in [0.4, 0.5) is 11.5 Å². The maximum Gasteiger partial charge on any atom is 0.158 e. The van der Waals surface area contributed by atoms with Gasteiger partial charge in [-0.3, -0.25) is 0 Å². The van der Waals surface area contributed by atoms with Crippen molar-refractivity contribution in [2.45, 2.75) is 0 Å². The van der Waals surface area contributed by atoms with Crippen molar-refractivity contribution in [2.75, 3.05) is 5.32 Å². The predicted octanol–water partition coefficient (Wildman–Crippen LogP) is 2.62. The molecule has 0 atom stereocenters. The summed E-state index contributed by atoms with van der Waals surface area (Å²) >= 11 is 5.90. The van der Waals surface area contributed by atoms with Crippen molar-refractivity contribution < 1.29 is 0 Å². The maximum absolute atomic E-state index is 8.75. The fourth-order valence-electron chi connectivity index (χ4n) is 1.28. The van der Waals surface area contributed by atoms with E-state index in [1.165, 1.54) is 12.4 Å². The normalized spacial score (nSPS) is 9.28. The highest BCUT2D eigenvalue weighted by atomic mass is 35.5. The van der Waals surface area contributed by atoms with Gasteiger partial charge in [-0.2, -0.15) is 10.5 Å². The third-order valence-corrected chi connectivity index (χ3v) is 2.44. The van der Waals surface area contributed by atoms with Gasteiger partial charge in [0.1, 0.15) is 18.0 Å². The van der Waals surface area contributed by atoms with Gasteiger partial charge in [0, 0.05) is 5.69 Å². The summed E-state index contributed by atoms with van der Waals surface area (Å²) in [4.78, 5) is 7.89. The monoisotopic (exact) mass is 255 g/mol. The third kappa shape index (κ3) is 2.54. The standard InChI is InChI=1S/C12H6ClN5/c13-11-3-9(2-1-8(11)4-14)18-12-7-16-10(5-15)6-17-12/h1-3,6-7H,(H,17,18). The molecule has 0 aliphatic rings. The lowest BCUT2D eigenvalue weighted by Crippen LogP contribution is -1.95. The molecule has 0 saturated carbocycles. The Labute approximate surface area is 108 Å². The Bertz CT molecular complexity index is 652. The number of anilines is 2. The number of nitriles is 2. The van der Waals surface area contributed by atoms with E-state index in [2.05, 4.69) is 15.3 Å². The first-order valence-corrected chi connectivity index (χ1v) is 5.29. The Hall–Kier alpha value is -2.63. The highest BCUT2D eigenvalue weighted by molar-refractivity contribution is 6.32. The molecule has 0 saturated heterocycles. The first-order valence-electron chi connectivity index (χ1n) is 4.92. The van der Waals surface area contributed by atoms with Crippen LogP contribution in [0.3, 0.4) is 0 Å². The lowest BCUT2D eigenvalue weighted by Gasteiger charge is -2.05. The van der Waals surface area contributed by atoms with Crippen LogP contribution < -0.4 is 5.32 Å². The molecule has 1 aromatic heterocycles. The van der Waals surface area contributed by atoms with E-state index >= 15 is 0 Å². The second kappa shape index (κ2) is 5.13. The van der Waals surface area contributed by atoms with E-state index in [1.807, 2.05) is 12.1 Å². The molecule has 0 unspecified atom stereocenters. The minimum atomic E-state index is 0.249. The highest BCUT2D eigenvalue weighted by Gasteiger charge is 2.02. The first kappa shape index (κ1) is 11.8. The van der Waals surface area contributed by atoms with Crippen molar-refractivity contribution in [3.05, 3.63) is 46.9 Å². The molecule has 2 rings (SSSR count). The molecule has 0 amide bonds. The van der Waals surface area contributed by atoms with Gasteiger partial charge < -0.3 is 5.32 Å². The summed E-state index contributed by atoms with van der Waals surface area (Å²) in [5.74, 6) is 0.495. The summed E-state index contributed by atoms with van der Waals surface area (Å²) in [7, 11) is 0. The van der Waals surface area contributed by atoms with E-state index in [-0.39, 0.29) is 5.69 Å². The summed E-state index contributed by atoms with van der Waals surface area (Å²) in [6.07, 6.45) is 2.82. The predicted molar refractivity (Wildman–Crippen MR) is 66.2 cm³/mol. The van der Waals surface area contributed by atoms with Crippen LogP contribution in [0, 0.1) is 22.7 Å². The van der Waals surface area contributed by atoms with Crippen molar-refractivity contribution in [2.24, 2.45) is 0 Å². The zero-order valence-electron chi connectivity index (χ0n) is 9.05. The van der Waals surface area contributed by atoms with Crippen molar-refractivity contribution in [1.82, 2.24) is 9.97 Å². The van der Waals surface area contributed by atoms with Crippen LogP contribution in [-0.2, 0) is 0 Å². The topological polar surface area (TPSA) is 85.4 Å². The maximum atomic E-state index is 8.75. The fourth-order valence-corrected chi connectivity index (χ4v) is 1.50. The van der Waals surface area contributed by atoms with Crippen LogP contribution in [0.2, 0.25) is 5.02 Å². The van der Waals surface area contributed by atoms with E-state index in [4.69, 9.17) is 22.1 Å². The Morgan fingerprint density at radius 1 is 1.11 bits per heavy atom. The Morgan fingerprint density at radius 3 is 2.50 bits per heavy atom. The quantitative estimate of drug-likeness (QED) is 0.891. The number of halogens is 1. The summed E-state index contributed by atoms with van der Waals surface area (Å²) in [6.45, 7) is 0. The molecule has 0 fully saturated rings. The zero-order valence-corrected chi connectivity index (χ0v) is 9.81. The Morgan fingerprint density at radius 2 is 1.94 bits per heavy atom. The number of hydrogen-bond donors (Lipinski definition) is 1. The molecule has 1 heterocycles. The van der Waals surface area contributed by atoms with Gasteiger partial charge in [0.05, 0.1) is 23.0 Å². The molecule has 1 N–H and O–H groups in total. The van der Waals surface area contributed by atoms with Crippen LogP contribution in [0.15, 0.2) is 30.6 Å². The van der Waals surface area contributed by atoms with Crippen LogP contribution in [-0.4, -0.2) is 9.97 Å². The van der Waals surface area contributed by atoms with Crippen LogP contribution in [0.1, 0.15) is 11.3 Å². The number of nitrogens with one attached hydrogen (secondary N) is 1. The summed E-state index contributed by atoms with van der Waals surface area (Å²) in [5, 5.41) is 20.7. The average molecular weight is 256 g/mol. The molecule has 1 aromatic carbocycles. The molecule has 0 bridgehead atoms. The highest BCUT2D eigenvalue weighted by Crippen LogP contribution is 2.22. The lowest BCUT2D eigenvalue weighted by molar-refractivity contribution is 1.16. The van der Waals surface area contributed by atoms with Crippen molar-refractivity contribution in [3.8, 4) is 12.1 Å². The fraction of sp³-hybridized carbons (Fsp3) is 0. The molecule has 18 heavy (non-hydrogen) atoms. The van der Waals surface area contributed by atoms with E-state index in [0.717, 1.165) is 0 Å². The molecule has 5 nitrogen and oxygen atoms in total. The van der Waals surface area contributed by atoms with E-state index in [1.54, 1.807) is 18.2 Å². The van der Waals surface area contributed by atoms with Gasteiger partial charge in [-0.15, -0.1) is 0 Å². The minimum absolute atomic E-state index is 0.249. The van der Waals surface area contributed by atoms with Gasteiger partial charge in [-0.05, 0) is 18.2 Å². The minimum Gasteiger partial charge on any atom is -0.339 e. The van der Waals surface area contributed by atoms with Crippen molar-refractivity contribution >= 4 is 23.1 Å². The largest absolute Gasteiger partial charge is 0.339 e. The van der Waals surface area contributed by atoms with E-state index < -0.39 is 0 Å². The van der Waals surface area contributed by atoms with Gasteiger partial charge in [0.15, 0.2) is 5.69 Å². The second-order valence-corrected chi connectivity index (χ2v) is 3.74. The molecule has 86 valence electrons. The van der Waals surface area contributed by atoms with Gasteiger partial charge in [0.2, 0.25) is 0 Å². The van der Waals surface area contributed by atoms with Crippen LogP contribution >= 0.6 is 11.6 Å². The summed E-state index contributed by atoms with van der Waals surface area (Å²) < 4.78 is 0. The first-order chi connectivity index (χ1) is 8.72. The van der Waals surface area contributed by atoms with Gasteiger partial charge in [-0.25, -0.2) is 9.97 Å². The molecule has 0 radical (unpaired) electrons.